The lowest BCUT2D eigenvalue weighted by atomic mass is 10.2. The number of nitrogens with zero attached hydrogens (tertiary/aromatic N) is 3. The van der Waals surface area contributed by atoms with Gasteiger partial charge in [-0.3, -0.25) is 0 Å². The largest absolute Gasteiger partial charge is 0.240 e. The fraction of sp³-hybridized carbons (Fsp3) is 0.111. The number of nitriles is 1. The topological polar surface area (TPSA) is 41.1 Å². The molecule has 2 aromatic heterocycles. The average Bonchev–Trinajstić information content (AvgIpc) is 2.46. The van der Waals surface area contributed by atoms with Crippen LogP contribution >= 0.6 is 0 Å². The molecule has 58 valence electrons. The molecule has 12 heavy (non-hydrogen) atoms. The third-order valence-electron chi connectivity index (χ3n) is 1.80. The van der Waals surface area contributed by atoms with Gasteiger partial charge in [-0.2, -0.15) is 10.4 Å². The molecular formula is C9H7N3. The molecule has 0 aliphatic heterocycles. The van der Waals surface area contributed by atoms with Crippen LogP contribution < -0.4 is 0 Å². The highest BCUT2D eigenvalue weighted by atomic mass is 15.2. The van der Waals surface area contributed by atoms with Crippen LogP contribution in [-0.2, 0) is 0 Å². The summed E-state index contributed by atoms with van der Waals surface area (Å²) in [5.41, 5.74) is 2.63. The van der Waals surface area contributed by atoms with Gasteiger partial charge in [-0.15, -0.1) is 0 Å². The Morgan fingerprint density at radius 2 is 2.42 bits per heavy atom. The van der Waals surface area contributed by atoms with Crippen LogP contribution in [0.3, 0.4) is 0 Å². The Morgan fingerprint density at radius 1 is 1.58 bits per heavy atom. The van der Waals surface area contributed by atoms with Crippen LogP contribution in [0.2, 0.25) is 0 Å². The summed E-state index contributed by atoms with van der Waals surface area (Å²) < 4.78 is 1.70. The van der Waals surface area contributed by atoms with Gasteiger partial charge < -0.3 is 0 Å². The molecule has 0 bridgehead atoms. The molecule has 0 saturated carbocycles. The Bertz CT molecular complexity index is 462. The first kappa shape index (κ1) is 6.86. The number of aryl methyl sites for hydroxylation is 1. The Labute approximate surface area is 69.9 Å². The molecule has 0 aromatic carbocycles. The minimum Gasteiger partial charge on any atom is -0.240 e. The van der Waals surface area contributed by atoms with Gasteiger partial charge in [0.1, 0.15) is 6.07 Å². The molecule has 0 unspecified atom stereocenters. The van der Waals surface area contributed by atoms with E-state index in [0.29, 0.717) is 5.56 Å². The van der Waals surface area contributed by atoms with Crippen LogP contribution in [0.15, 0.2) is 24.5 Å². The van der Waals surface area contributed by atoms with Crippen molar-refractivity contribution in [2.24, 2.45) is 0 Å². The maximum absolute atomic E-state index is 8.71. The SMILES string of the molecule is Cc1ccn2ncc(C#N)c2c1. The Hall–Kier alpha value is -1.82. The van der Waals surface area contributed by atoms with Crippen molar-refractivity contribution in [2.75, 3.05) is 0 Å². The first-order valence-corrected chi connectivity index (χ1v) is 3.65. The van der Waals surface area contributed by atoms with Gasteiger partial charge in [-0.05, 0) is 24.6 Å². The lowest BCUT2D eigenvalue weighted by Gasteiger charge is -1.93. The summed E-state index contributed by atoms with van der Waals surface area (Å²) >= 11 is 0. The highest BCUT2D eigenvalue weighted by Crippen LogP contribution is 2.10. The summed E-state index contributed by atoms with van der Waals surface area (Å²) in [5, 5.41) is 12.7. The number of fused-ring (bicyclic) bond motifs is 1. The van der Waals surface area contributed by atoms with Crippen molar-refractivity contribution in [3.63, 3.8) is 0 Å². The van der Waals surface area contributed by atoms with Gasteiger partial charge in [0.2, 0.25) is 0 Å². The van der Waals surface area contributed by atoms with E-state index < -0.39 is 0 Å². The summed E-state index contributed by atoms with van der Waals surface area (Å²) in [7, 11) is 0. The van der Waals surface area contributed by atoms with Crippen molar-refractivity contribution < 1.29 is 0 Å². The average molecular weight is 157 g/mol. The fourth-order valence-corrected chi connectivity index (χ4v) is 1.17. The molecule has 3 nitrogen and oxygen atoms in total. The van der Waals surface area contributed by atoms with E-state index in [0.717, 1.165) is 11.1 Å². The van der Waals surface area contributed by atoms with Crippen LogP contribution in [0.5, 0.6) is 0 Å². The first-order chi connectivity index (χ1) is 5.81. The van der Waals surface area contributed by atoms with Crippen molar-refractivity contribution in [1.82, 2.24) is 9.61 Å². The van der Waals surface area contributed by atoms with Gasteiger partial charge in [0.15, 0.2) is 0 Å². The minimum atomic E-state index is 0.624. The summed E-state index contributed by atoms with van der Waals surface area (Å²) in [4.78, 5) is 0. The standard InChI is InChI=1S/C9H7N3/c1-7-2-3-12-9(4-7)8(5-10)6-11-12/h2-4,6H,1H3. The predicted octanol–water partition coefficient (Wildman–Crippen LogP) is 1.51. The third-order valence-corrected chi connectivity index (χ3v) is 1.80. The number of pyridine rings is 1. The third kappa shape index (κ3) is 0.857. The molecule has 2 aromatic rings. The Balaban J connectivity index is 2.86. The van der Waals surface area contributed by atoms with Crippen LogP contribution in [0.1, 0.15) is 11.1 Å². The maximum Gasteiger partial charge on any atom is 0.103 e. The van der Waals surface area contributed by atoms with Crippen LogP contribution in [0, 0.1) is 18.3 Å². The van der Waals surface area contributed by atoms with Gasteiger partial charge in [-0.25, -0.2) is 4.52 Å². The van der Waals surface area contributed by atoms with E-state index in [1.165, 1.54) is 0 Å². The van der Waals surface area contributed by atoms with E-state index in [1.54, 1.807) is 10.7 Å². The predicted molar refractivity (Wildman–Crippen MR) is 44.6 cm³/mol. The van der Waals surface area contributed by atoms with Gasteiger partial charge in [0.25, 0.3) is 0 Å². The highest BCUT2D eigenvalue weighted by molar-refractivity contribution is 5.60. The minimum absolute atomic E-state index is 0.624. The monoisotopic (exact) mass is 157 g/mol. The molecule has 0 N–H and O–H groups in total. The van der Waals surface area contributed by atoms with Gasteiger partial charge in [-0.1, -0.05) is 0 Å². The molecule has 0 atom stereocenters. The van der Waals surface area contributed by atoms with E-state index in [9.17, 15) is 0 Å². The van der Waals surface area contributed by atoms with Gasteiger partial charge in [0.05, 0.1) is 17.3 Å². The van der Waals surface area contributed by atoms with E-state index in [1.807, 2.05) is 25.3 Å². The molecule has 2 rings (SSSR count). The van der Waals surface area contributed by atoms with E-state index in [2.05, 4.69) is 11.2 Å². The first-order valence-electron chi connectivity index (χ1n) is 3.65. The second-order valence-electron chi connectivity index (χ2n) is 2.70. The highest BCUT2D eigenvalue weighted by Gasteiger charge is 2.01. The van der Waals surface area contributed by atoms with Crippen molar-refractivity contribution in [2.45, 2.75) is 6.92 Å². The van der Waals surface area contributed by atoms with Crippen LogP contribution in [0.4, 0.5) is 0 Å². The normalized spacial score (nSPS) is 10.0. The molecule has 0 radical (unpaired) electrons. The zero-order valence-electron chi connectivity index (χ0n) is 6.65. The maximum atomic E-state index is 8.71. The zero-order chi connectivity index (χ0) is 8.55. The number of aromatic nitrogens is 2. The van der Waals surface area contributed by atoms with Crippen molar-refractivity contribution in [3.8, 4) is 6.07 Å². The molecule has 0 spiro atoms. The number of rotatable bonds is 0. The fourth-order valence-electron chi connectivity index (χ4n) is 1.17. The molecular weight excluding hydrogens is 150 g/mol. The van der Waals surface area contributed by atoms with Crippen molar-refractivity contribution >= 4 is 5.52 Å². The second kappa shape index (κ2) is 2.35. The summed E-state index contributed by atoms with van der Waals surface area (Å²) in [5.74, 6) is 0. The van der Waals surface area contributed by atoms with Gasteiger partial charge in [0, 0.05) is 6.20 Å². The molecule has 0 fully saturated rings. The lowest BCUT2D eigenvalue weighted by Crippen LogP contribution is -1.85. The molecule has 0 aliphatic rings. The smallest absolute Gasteiger partial charge is 0.103 e. The molecule has 2 heterocycles. The number of hydrogen-bond acceptors (Lipinski definition) is 2. The van der Waals surface area contributed by atoms with E-state index in [4.69, 9.17) is 5.26 Å². The summed E-state index contributed by atoms with van der Waals surface area (Å²) in [6.07, 6.45) is 3.43. The lowest BCUT2D eigenvalue weighted by molar-refractivity contribution is 0.958. The van der Waals surface area contributed by atoms with E-state index in [-0.39, 0.29) is 0 Å². The quantitative estimate of drug-likeness (QED) is 0.581. The zero-order valence-corrected chi connectivity index (χ0v) is 6.65. The van der Waals surface area contributed by atoms with Crippen LogP contribution in [0.25, 0.3) is 5.52 Å². The number of hydrogen-bond donors (Lipinski definition) is 0. The Kier molecular flexibility index (Phi) is 1.34. The summed E-state index contributed by atoms with van der Waals surface area (Å²) in [6, 6.07) is 6.00. The van der Waals surface area contributed by atoms with Gasteiger partial charge >= 0.3 is 0 Å². The molecule has 3 heteroatoms. The van der Waals surface area contributed by atoms with E-state index >= 15 is 0 Å². The molecule has 0 saturated heterocycles. The van der Waals surface area contributed by atoms with Crippen molar-refractivity contribution in [1.29, 1.82) is 5.26 Å². The van der Waals surface area contributed by atoms with Crippen molar-refractivity contribution in [3.05, 3.63) is 35.7 Å². The van der Waals surface area contributed by atoms with Crippen LogP contribution in [-0.4, -0.2) is 9.61 Å². The summed E-state index contributed by atoms with van der Waals surface area (Å²) in [6.45, 7) is 1.99. The Morgan fingerprint density at radius 3 is 3.17 bits per heavy atom. The molecule has 0 amide bonds. The molecule has 0 aliphatic carbocycles. The second-order valence-corrected chi connectivity index (χ2v) is 2.70.